The van der Waals surface area contributed by atoms with Crippen LogP contribution in [0.25, 0.3) is 5.82 Å². The summed E-state index contributed by atoms with van der Waals surface area (Å²) in [7, 11) is 0. The molecule has 8 heteroatoms. The van der Waals surface area contributed by atoms with Gasteiger partial charge in [0.15, 0.2) is 11.6 Å². The Morgan fingerprint density at radius 1 is 1.00 bits per heavy atom. The van der Waals surface area contributed by atoms with Crippen molar-refractivity contribution in [2.24, 2.45) is 0 Å². The van der Waals surface area contributed by atoms with Crippen LogP contribution in [0, 0.1) is 12.7 Å². The Kier molecular flexibility index (Phi) is 4.57. The first-order chi connectivity index (χ1) is 12.7. The predicted molar refractivity (Wildman–Crippen MR) is 95.6 cm³/mol. The summed E-state index contributed by atoms with van der Waals surface area (Å²) in [6.07, 6.45) is 4.77. The fourth-order valence-corrected chi connectivity index (χ4v) is 3.06. The maximum absolute atomic E-state index is 13.7. The third kappa shape index (κ3) is 3.55. The molecule has 7 nitrogen and oxygen atoms in total. The first-order valence-corrected chi connectivity index (χ1v) is 8.61. The van der Waals surface area contributed by atoms with E-state index in [2.05, 4.69) is 30.1 Å². The van der Waals surface area contributed by atoms with E-state index in [0.29, 0.717) is 17.9 Å². The van der Waals surface area contributed by atoms with Crippen LogP contribution in [-0.2, 0) is 6.54 Å². The Morgan fingerprint density at radius 3 is 2.42 bits per heavy atom. The lowest BCUT2D eigenvalue weighted by Crippen LogP contribution is -2.46. The Morgan fingerprint density at radius 2 is 1.77 bits per heavy atom. The third-order valence-corrected chi connectivity index (χ3v) is 4.54. The first kappa shape index (κ1) is 16.6. The summed E-state index contributed by atoms with van der Waals surface area (Å²) in [6, 6.07) is 7.56. The van der Waals surface area contributed by atoms with Crippen molar-refractivity contribution in [1.29, 1.82) is 0 Å². The number of nitrogens with zero attached hydrogens (tertiary/aromatic N) is 7. The Labute approximate surface area is 151 Å². The lowest BCUT2D eigenvalue weighted by Gasteiger charge is -2.35. The van der Waals surface area contributed by atoms with Crippen LogP contribution < -0.4 is 4.90 Å². The molecule has 0 N–H and O–H groups in total. The third-order valence-electron chi connectivity index (χ3n) is 4.54. The molecular formula is C18H20FN7. The van der Waals surface area contributed by atoms with Crippen LogP contribution in [0.4, 0.5) is 10.2 Å². The van der Waals surface area contributed by atoms with Gasteiger partial charge in [-0.15, -0.1) is 10.2 Å². The molecule has 4 rings (SSSR count). The lowest BCUT2D eigenvalue weighted by atomic mass is 10.2. The zero-order chi connectivity index (χ0) is 17.9. The quantitative estimate of drug-likeness (QED) is 0.713. The molecule has 0 aliphatic carbocycles. The summed E-state index contributed by atoms with van der Waals surface area (Å²) in [6.45, 7) is 5.91. The number of piperazine rings is 1. The number of hydrogen-bond donors (Lipinski definition) is 0. The van der Waals surface area contributed by atoms with Gasteiger partial charge >= 0.3 is 0 Å². The number of halogens is 1. The molecule has 0 saturated carbocycles. The highest BCUT2D eigenvalue weighted by Crippen LogP contribution is 2.16. The van der Waals surface area contributed by atoms with Crippen molar-refractivity contribution in [3.8, 4) is 5.82 Å². The topological polar surface area (TPSA) is 63.0 Å². The highest BCUT2D eigenvalue weighted by molar-refractivity contribution is 5.40. The van der Waals surface area contributed by atoms with E-state index in [1.165, 1.54) is 6.20 Å². The van der Waals surface area contributed by atoms with Crippen LogP contribution in [-0.4, -0.2) is 56.0 Å². The van der Waals surface area contributed by atoms with E-state index in [1.54, 1.807) is 16.9 Å². The average molecular weight is 353 g/mol. The molecule has 0 bridgehead atoms. The standard InChI is InChI=1S/C18H20FN7/c1-14-5-7-26(23-14)18-3-2-17(21-22-18)25-10-8-24(9-11-25)13-15-4-6-20-12-16(15)19/h2-7,12H,8-11,13H2,1H3. The molecule has 0 unspecified atom stereocenters. The van der Waals surface area contributed by atoms with Gasteiger partial charge in [0.2, 0.25) is 0 Å². The number of aryl methyl sites for hydroxylation is 1. The minimum atomic E-state index is -0.245. The van der Waals surface area contributed by atoms with E-state index in [4.69, 9.17) is 0 Å². The molecule has 3 aromatic heterocycles. The van der Waals surface area contributed by atoms with Crippen LogP contribution in [0.1, 0.15) is 11.3 Å². The molecule has 1 fully saturated rings. The van der Waals surface area contributed by atoms with Gasteiger partial charge in [-0.1, -0.05) is 0 Å². The molecule has 3 aromatic rings. The largest absolute Gasteiger partial charge is 0.353 e. The molecule has 0 radical (unpaired) electrons. The van der Waals surface area contributed by atoms with E-state index < -0.39 is 0 Å². The normalized spacial score (nSPS) is 15.4. The lowest BCUT2D eigenvalue weighted by molar-refractivity contribution is 0.246. The van der Waals surface area contributed by atoms with E-state index in [0.717, 1.165) is 37.7 Å². The second-order valence-electron chi connectivity index (χ2n) is 6.38. The number of pyridine rings is 1. The van der Waals surface area contributed by atoms with Gasteiger partial charge in [-0.3, -0.25) is 9.88 Å². The van der Waals surface area contributed by atoms with Gasteiger partial charge < -0.3 is 4.90 Å². The SMILES string of the molecule is Cc1ccn(-c2ccc(N3CCN(Cc4ccncc4F)CC3)nn2)n1. The van der Waals surface area contributed by atoms with E-state index >= 15 is 0 Å². The van der Waals surface area contributed by atoms with Gasteiger partial charge in [0.25, 0.3) is 0 Å². The summed E-state index contributed by atoms with van der Waals surface area (Å²) in [5, 5.41) is 13.0. The Balaban J connectivity index is 1.36. The highest BCUT2D eigenvalue weighted by atomic mass is 19.1. The van der Waals surface area contributed by atoms with Crippen molar-refractivity contribution in [2.75, 3.05) is 31.1 Å². The molecule has 0 aromatic carbocycles. The highest BCUT2D eigenvalue weighted by Gasteiger charge is 2.19. The minimum Gasteiger partial charge on any atom is -0.353 e. The number of rotatable bonds is 4. The van der Waals surface area contributed by atoms with Crippen LogP contribution in [0.3, 0.4) is 0 Å². The molecule has 0 spiro atoms. The number of anilines is 1. The molecule has 1 saturated heterocycles. The molecular weight excluding hydrogens is 333 g/mol. The fourth-order valence-electron chi connectivity index (χ4n) is 3.06. The summed E-state index contributed by atoms with van der Waals surface area (Å²) >= 11 is 0. The predicted octanol–water partition coefficient (Wildman–Crippen LogP) is 1.83. The summed E-state index contributed by atoms with van der Waals surface area (Å²) in [5.41, 5.74) is 1.63. The number of aromatic nitrogens is 5. The van der Waals surface area contributed by atoms with Crippen molar-refractivity contribution >= 4 is 5.82 Å². The Bertz CT molecular complexity index is 869. The number of hydrogen-bond acceptors (Lipinski definition) is 6. The molecule has 134 valence electrons. The van der Waals surface area contributed by atoms with Crippen molar-refractivity contribution in [3.63, 3.8) is 0 Å². The zero-order valence-corrected chi connectivity index (χ0v) is 14.6. The van der Waals surface area contributed by atoms with Crippen LogP contribution >= 0.6 is 0 Å². The average Bonchev–Trinajstić information content (AvgIpc) is 3.11. The summed E-state index contributed by atoms with van der Waals surface area (Å²) < 4.78 is 15.5. The van der Waals surface area contributed by atoms with Crippen LogP contribution in [0.15, 0.2) is 42.9 Å². The van der Waals surface area contributed by atoms with Crippen molar-refractivity contribution in [1.82, 2.24) is 29.9 Å². The van der Waals surface area contributed by atoms with Crippen LogP contribution in [0.2, 0.25) is 0 Å². The molecule has 26 heavy (non-hydrogen) atoms. The smallest absolute Gasteiger partial charge is 0.175 e. The Hall–Kier alpha value is -2.87. The van der Waals surface area contributed by atoms with Gasteiger partial charge in [-0.05, 0) is 31.2 Å². The summed E-state index contributed by atoms with van der Waals surface area (Å²) in [5.74, 6) is 1.31. The van der Waals surface area contributed by atoms with Gasteiger partial charge in [0, 0.05) is 50.7 Å². The van der Waals surface area contributed by atoms with Gasteiger partial charge in [-0.25, -0.2) is 9.07 Å². The van der Waals surface area contributed by atoms with Crippen molar-refractivity contribution in [3.05, 3.63) is 59.9 Å². The van der Waals surface area contributed by atoms with Gasteiger partial charge in [0.1, 0.15) is 5.82 Å². The monoisotopic (exact) mass is 353 g/mol. The molecule has 1 aliphatic rings. The fraction of sp³-hybridized carbons (Fsp3) is 0.333. The van der Waals surface area contributed by atoms with E-state index in [1.807, 2.05) is 31.3 Å². The van der Waals surface area contributed by atoms with Crippen LogP contribution in [0.5, 0.6) is 0 Å². The zero-order valence-electron chi connectivity index (χ0n) is 14.6. The van der Waals surface area contributed by atoms with Crippen molar-refractivity contribution < 1.29 is 4.39 Å². The van der Waals surface area contributed by atoms with Gasteiger partial charge in [0.05, 0.1) is 11.9 Å². The summed E-state index contributed by atoms with van der Waals surface area (Å²) in [4.78, 5) is 8.24. The van der Waals surface area contributed by atoms with Crippen molar-refractivity contribution in [2.45, 2.75) is 13.5 Å². The maximum Gasteiger partial charge on any atom is 0.175 e. The molecule has 1 aliphatic heterocycles. The van der Waals surface area contributed by atoms with Gasteiger partial charge in [-0.2, -0.15) is 5.10 Å². The first-order valence-electron chi connectivity index (χ1n) is 8.61. The molecule has 4 heterocycles. The maximum atomic E-state index is 13.7. The molecule has 0 atom stereocenters. The second kappa shape index (κ2) is 7.17. The second-order valence-corrected chi connectivity index (χ2v) is 6.38. The molecule has 0 amide bonds. The van der Waals surface area contributed by atoms with E-state index in [-0.39, 0.29) is 5.82 Å². The minimum absolute atomic E-state index is 0.245. The van der Waals surface area contributed by atoms with E-state index in [9.17, 15) is 4.39 Å².